The van der Waals surface area contributed by atoms with Gasteiger partial charge in [-0.05, 0) is 30.4 Å². The summed E-state index contributed by atoms with van der Waals surface area (Å²) >= 11 is 7.29. The predicted octanol–water partition coefficient (Wildman–Crippen LogP) is 2.36. The first-order valence-corrected chi connectivity index (χ1v) is 6.49. The second-order valence-corrected chi connectivity index (χ2v) is 4.46. The van der Waals surface area contributed by atoms with Gasteiger partial charge in [-0.25, -0.2) is 0 Å². The number of hydrogen-bond donors (Lipinski definition) is 1. The lowest BCUT2D eigenvalue weighted by Gasteiger charge is -2.04. The van der Waals surface area contributed by atoms with Gasteiger partial charge in [-0.1, -0.05) is 23.7 Å². The van der Waals surface area contributed by atoms with Gasteiger partial charge < -0.3 is 5.32 Å². The molecule has 1 rings (SSSR count). The Bertz CT molecular complexity index is 313. The number of carbonyl (C=O) groups is 1. The van der Waals surface area contributed by atoms with E-state index in [4.69, 9.17) is 11.6 Å². The van der Waals surface area contributed by atoms with Crippen LogP contribution in [0.25, 0.3) is 0 Å². The van der Waals surface area contributed by atoms with Gasteiger partial charge in [-0.2, -0.15) is 11.8 Å². The normalized spacial score (nSPS) is 10.0. The highest BCUT2D eigenvalue weighted by molar-refractivity contribution is 7.99. The molecule has 1 aromatic rings. The van der Waals surface area contributed by atoms with Crippen LogP contribution in [0.1, 0.15) is 5.56 Å². The van der Waals surface area contributed by atoms with E-state index in [2.05, 4.69) is 5.32 Å². The first-order valence-electron chi connectivity index (χ1n) is 4.72. The molecular formula is C11H14ClNOS. The van der Waals surface area contributed by atoms with Gasteiger partial charge in [0.2, 0.25) is 5.91 Å². The van der Waals surface area contributed by atoms with Crippen LogP contribution in [0.15, 0.2) is 24.3 Å². The largest absolute Gasteiger partial charge is 0.355 e. The van der Waals surface area contributed by atoms with E-state index in [1.807, 2.05) is 30.5 Å². The molecule has 0 aliphatic heterocycles. The molecule has 0 bridgehead atoms. The van der Waals surface area contributed by atoms with Crippen molar-refractivity contribution in [3.05, 3.63) is 34.9 Å². The van der Waals surface area contributed by atoms with E-state index in [9.17, 15) is 4.79 Å². The van der Waals surface area contributed by atoms with E-state index in [-0.39, 0.29) is 5.91 Å². The summed E-state index contributed by atoms with van der Waals surface area (Å²) in [5.74, 6) is 0.622. The summed E-state index contributed by atoms with van der Waals surface area (Å²) in [6.07, 6.45) is 2.76. The average molecular weight is 244 g/mol. The number of benzene rings is 1. The molecule has 1 aromatic carbocycles. The highest BCUT2D eigenvalue weighted by atomic mass is 35.5. The molecule has 0 aliphatic rings. The van der Waals surface area contributed by atoms with Crippen LogP contribution in [0.4, 0.5) is 0 Å². The fourth-order valence-corrected chi connectivity index (χ4v) is 1.67. The van der Waals surface area contributed by atoms with Gasteiger partial charge >= 0.3 is 0 Å². The highest BCUT2D eigenvalue weighted by Gasteiger charge is 1.98. The van der Waals surface area contributed by atoms with Crippen molar-refractivity contribution in [1.29, 1.82) is 0 Å². The SMILES string of the molecule is CSCC(=O)NCCc1ccc(Cl)cc1. The van der Waals surface area contributed by atoms with E-state index in [1.165, 1.54) is 17.3 Å². The van der Waals surface area contributed by atoms with Crippen molar-refractivity contribution in [2.45, 2.75) is 6.42 Å². The van der Waals surface area contributed by atoms with Crippen LogP contribution < -0.4 is 5.32 Å². The Hall–Kier alpha value is -0.670. The van der Waals surface area contributed by atoms with Crippen LogP contribution in [0.2, 0.25) is 5.02 Å². The molecule has 0 aliphatic carbocycles. The van der Waals surface area contributed by atoms with E-state index in [1.54, 1.807) is 0 Å². The molecule has 4 heteroatoms. The van der Waals surface area contributed by atoms with Gasteiger partial charge in [0.05, 0.1) is 5.75 Å². The zero-order chi connectivity index (χ0) is 11.1. The van der Waals surface area contributed by atoms with Crippen LogP contribution in [0.3, 0.4) is 0 Å². The quantitative estimate of drug-likeness (QED) is 0.860. The molecular weight excluding hydrogens is 230 g/mol. The third-order valence-corrected chi connectivity index (χ3v) is 2.73. The first-order chi connectivity index (χ1) is 7.22. The molecule has 15 heavy (non-hydrogen) atoms. The van der Waals surface area contributed by atoms with Crippen molar-refractivity contribution in [3.63, 3.8) is 0 Å². The molecule has 0 spiro atoms. The number of thioether (sulfide) groups is 1. The van der Waals surface area contributed by atoms with E-state index < -0.39 is 0 Å². The zero-order valence-electron chi connectivity index (χ0n) is 8.63. The average Bonchev–Trinajstić information content (AvgIpc) is 2.21. The van der Waals surface area contributed by atoms with Crippen LogP contribution in [0.5, 0.6) is 0 Å². The van der Waals surface area contributed by atoms with Crippen molar-refractivity contribution in [3.8, 4) is 0 Å². The lowest BCUT2D eigenvalue weighted by Crippen LogP contribution is -2.27. The summed E-state index contributed by atoms with van der Waals surface area (Å²) in [5.41, 5.74) is 1.18. The number of carbonyl (C=O) groups excluding carboxylic acids is 1. The number of amides is 1. The van der Waals surface area contributed by atoms with Gasteiger partial charge in [0.15, 0.2) is 0 Å². The predicted molar refractivity (Wildman–Crippen MR) is 66.5 cm³/mol. The topological polar surface area (TPSA) is 29.1 Å². The third-order valence-electron chi connectivity index (χ3n) is 1.92. The number of nitrogens with one attached hydrogen (secondary N) is 1. The second-order valence-electron chi connectivity index (χ2n) is 3.16. The minimum absolute atomic E-state index is 0.0939. The summed E-state index contributed by atoms with van der Waals surface area (Å²) in [6, 6.07) is 7.67. The standard InChI is InChI=1S/C11H14ClNOS/c1-15-8-11(14)13-7-6-9-2-4-10(12)5-3-9/h2-5H,6-8H2,1H3,(H,13,14). The summed E-state index contributed by atoms with van der Waals surface area (Å²) in [6.45, 7) is 0.682. The Balaban J connectivity index is 2.26. The van der Waals surface area contributed by atoms with Crippen LogP contribution in [-0.2, 0) is 11.2 Å². The summed E-state index contributed by atoms with van der Waals surface area (Å²) in [5, 5.41) is 3.59. The molecule has 82 valence electrons. The van der Waals surface area contributed by atoms with Crippen LogP contribution >= 0.6 is 23.4 Å². The molecule has 0 saturated heterocycles. The molecule has 0 saturated carbocycles. The van der Waals surface area contributed by atoms with Gasteiger partial charge in [-0.15, -0.1) is 0 Å². The Kier molecular flexibility index (Phi) is 5.58. The van der Waals surface area contributed by atoms with E-state index in [0.717, 1.165) is 11.4 Å². The smallest absolute Gasteiger partial charge is 0.229 e. The second kappa shape index (κ2) is 6.75. The molecule has 0 aromatic heterocycles. The minimum Gasteiger partial charge on any atom is -0.355 e. The van der Waals surface area contributed by atoms with Crippen LogP contribution in [0, 0.1) is 0 Å². The minimum atomic E-state index is 0.0939. The molecule has 0 fully saturated rings. The molecule has 0 atom stereocenters. The van der Waals surface area contributed by atoms with Crippen molar-refractivity contribution in [2.24, 2.45) is 0 Å². The van der Waals surface area contributed by atoms with Crippen molar-refractivity contribution >= 4 is 29.3 Å². The molecule has 0 radical (unpaired) electrons. The molecule has 2 nitrogen and oxygen atoms in total. The maximum absolute atomic E-state index is 11.1. The van der Waals surface area contributed by atoms with Crippen molar-refractivity contribution in [2.75, 3.05) is 18.6 Å². The third kappa shape index (κ3) is 5.09. The maximum atomic E-state index is 11.1. The zero-order valence-corrected chi connectivity index (χ0v) is 10.2. The summed E-state index contributed by atoms with van der Waals surface area (Å²) in [7, 11) is 0. The Labute approximate surface area is 99.4 Å². The molecule has 1 amide bonds. The van der Waals surface area contributed by atoms with Crippen LogP contribution in [-0.4, -0.2) is 24.5 Å². The Morgan fingerprint density at radius 2 is 2.07 bits per heavy atom. The highest BCUT2D eigenvalue weighted by Crippen LogP contribution is 2.09. The van der Waals surface area contributed by atoms with Gasteiger partial charge in [0.1, 0.15) is 0 Å². The lowest BCUT2D eigenvalue weighted by molar-refractivity contribution is -0.118. The molecule has 1 N–H and O–H groups in total. The summed E-state index contributed by atoms with van der Waals surface area (Å²) in [4.78, 5) is 11.1. The van der Waals surface area contributed by atoms with E-state index in [0.29, 0.717) is 12.3 Å². The Morgan fingerprint density at radius 3 is 2.67 bits per heavy atom. The van der Waals surface area contributed by atoms with Crippen molar-refractivity contribution in [1.82, 2.24) is 5.32 Å². The summed E-state index contributed by atoms with van der Waals surface area (Å²) < 4.78 is 0. The fourth-order valence-electron chi connectivity index (χ4n) is 1.18. The van der Waals surface area contributed by atoms with Crippen molar-refractivity contribution < 1.29 is 4.79 Å². The number of halogens is 1. The van der Waals surface area contributed by atoms with E-state index >= 15 is 0 Å². The molecule has 0 unspecified atom stereocenters. The van der Waals surface area contributed by atoms with Gasteiger partial charge in [0, 0.05) is 11.6 Å². The fraction of sp³-hybridized carbons (Fsp3) is 0.364. The van der Waals surface area contributed by atoms with Gasteiger partial charge in [0.25, 0.3) is 0 Å². The number of rotatable bonds is 5. The van der Waals surface area contributed by atoms with Gasteiger partial charge in [-0.3, -0.25) is 4.79 Å². The monoisotopic (exact) mass is 243 g/mol. The Morgan fingerprint density at radius 1 is 1.40 bits per heavy atom. The number of hydrogen-bond acceptors (Lipinski definition) is 2. The lowest BCUT2D eigenvalue weighted by atomic mass is 10.1. The maximum Gasteiger partial charge on any atom is 0.229 e. The first kappa shape index (κ1) is 12.4. The molecule has 0 heterocycles.